The highest BCUT2D eigenvalue weighted by Crippen LogP contribution is 2.20. The first-order valence-electron chi connectivity index (χ1n) is 9.21. The van der Waals surface area contributed by atoms with Crippen LogP contribution in [0.2, 0.25) is 0 Å². The quantitative estimate of drug-likeness (QED) is 0.850. The van der Waals surface area contributed by atoms with Gasteiger partial charge in [-0.25, -0.2) is 4.79 Å². The van der Waals surface area contributed by atoms with E-state index in [1.807, 2.05) is 54.6 Å². The maximum Gasteiger partial charge on any atom is 0.410 e. The van der Waals surface area contributed by atoms with Gasteiger partial charge in [0.15, 0.2) is 0 Å². The Morgan fingerprint density at radius 1 is 1.11 bits per heavy atom. The lowest BCUT2D eigenvalue weighted by molar-refractivity contribution is -0.121. The average Bonchev–Trinajstić information content (AvgIpc) is 2.73. The van der Waals surface area contributed by atoms with Crippen molar-refractivity contribution in [1.29, 1.82) is 0 Å². The second-order valence-electron chi connectivity index (χ2n) is 6.72. The Kier molecular flexibility index (Phi) is 6.44. The molecule has 0 radical (unpaired) electrons. The van der Waals surface area contributed by atoms with Crippen molar-refractivity contribution in [2.24, 2.45) is 11.7 Å². The number of hydrogen-bond donors (Lipinski definition) is 2. The molecule has 2 aromatic rings. The molecule has 0 bridgehead atoms. The van der Waals surface area contributed by atoms with Crippen LogP contribution in [0.25, 0.3) is 0 Å². The summed E-state index contributed by atoms with van der Waals surface area (Å²) < 4.78 is 5.39. The molecule has 1 saturated heterocycles. The van der Waals surface area contributed by atoms with Crippen LogP contribution in [-0.2, 0) is 22.7 Å². The minimum atomic E-state index is -0.374. The number of benzene rings is 2. The van der Waals surface area contributed by atoms with E-state index in [9.17, 15) is 9.59 Å². The van der Waals surface area contributed by atoms with Crippen LogP contribution < -0.4 is 11.1 Å². The van der Waals surface area contributed by atoms with Gasteiger partial charge < -0.3 is 20.7 Å². The van der Waals surface area contributed by atoms with Gasteiger partial charge in [-0.1, -0.05) is 42.5 Å². The molecule has 0 saturated carbocycles. The van der Waals surface area contributed by atoms with Crippen LogP contribution in [0.1, 0.15) is 24.0 Å². The molecule has 0 aliphatic carbocycles. The molecule has 1 aliphatic rings. The highest BCUT2D eigenvalue weighted by Gasteiger charge is 2.29. The first-order chi connectivity index (χ1) is 13.2. The molecule has 6 nitrogen and oxygen atoms in total. The number of carbonyl (C=O) groups excluding carboxylic acids is 2. The van der Waals surface area contributed by atoms with Gasteiger partial charge in [0.25, 0.3) is 0 Å². The van der Waals surface area contributed by atoms with Crippen molar-refractivity contribution in [1.82, 2.24) is 4.90 Å². The summed E-state index contributed by atoms with van der Waals surface area (Å²) in [6.07, 6.45) is 1.16. The fraction of sp³-hybridized carbons (Fsp3) is 0.333. The van der Waals surface area contributed by atoms with Gasteiger partial charge in [0, 0.05) is 25.3 Å². The lowest BCUT2D eigenvalue weighted by Gasteiger charge is -2.31. The van der Waals surface area contributed by atoms with E-state index in [0.29, 0.717) is 19.6 Å². The molecule has 1 fully saturated rings. The van der Waals surface area contributed by atoms with E-state index in [1.54, 1.807) is 4.90 Å². The monoisotopic (exact) mass is 367 g/mol. The maximum atomic E-state index is 12.6. The van der Waals surface area contributed by atoms with Gasteiger partial charge in [0.1, 0.15) is 6.61 Å². The largest absolute Gasteiger partial charge is 0.445 e. The van der Waals surface area contributed by atoms with Crippen molar-refractivity contribution in [2.45, 2.75) is 26.0 Å². The molecule has 1 atom stereocenters. The molecular formula is C21H25N3O3. The van der Waals surface area contributed by atoms with Crippen LogP contribution in [0.15, 0.2) is 54.6 Å². The Bertz CT molecular complexity index is 779. The summed E-state index contributed by atoms with van der Waals surface area (Å²) in [6.45, 7) is 1.64. The third kappa shape index (κ3) is 5.31. The van der Waals surface area contributed by atoms with Crippen molar-refractivity contribution in [3.63, 3.8) is 0 Å². The SMILES string of the molecule is NCc1cccc(NC(=O)[C@H]2CCCN(C(=O)OCc3ccccc3)C2)c1. The van der Waals surface area contributed by atoms with Crippen LogP contribution in [-0.4, -0.2) is 30.0 Å². The summed E-state index contributed by atoms with van der Waals surface area (Å²) in [5.41, 5.74) is 8.27. The highest BCUT2D eigenvalue weighted by molar-refractivity contribution is 5.93. The van der Waals surface area contributed by atoms with Gasteiger partial charge in [0.05, 0.1) is 5.92 Å². The Morgan fingerprint density at radius 2 is 1.89 bits per heavy atom. The standard InChI is InChI=1S/C21H25N3O3/c22-13-17-8-4-10-19(12-17)23-20(25)18-9-5-11-24(14-18)21(26)27-15-16-6-2-1-3-7-16/h1-4,6-8,10,12,18H,5,9,11,13-15,22H2,(H,23,25)/t18-/m0/s1. The summed E-state index contributed by atoms with van der Waals surface area (Å²) in [6, 6.07) is 17.0. The molecule has 3 rings (SSSR count). The van der Waals surface area contributed by atoms with Gasteiger partial charge in [-0.15, -0.1) is 0 Å². The predicted molar refractivity (Wildman–Crippen MR) is 104 cm³/mol. The second-order valence-corrected chi connectivity index (χ2v) is 6.72. The zero-order valence-corrected chi connectivity index (χ0v) is 15.3. The van der Waals surface area contributed by atoms with Crippen molar-refractivity contribution < 1.29 is 14.3 Å². The van der Waals surface area contributed by atoms with Gasteiger partial charge in [-0.3, -0.25) is 4.79 Å². The molecule has 6 heteroatoms. The van der Waals surface area contributed by atoms with Crippen molar-refractivity contribution in [3.05, 3.63) is 65.7 Å². The topological polar surface area (TPSA) is 84.7 Å². The summed E-state index contributed by atoms with van der Waals surface area (Å²) >= 11 is 0. The van der Waals surface area contributed by atoms with Crippen molar-refractivity contribution in [3.8, 4) is 0 Å². The Hall–Kier alpha value is -2.86. The zero-order valence-electron chi connectivity index (χ0n) is 15.3. The molecule has 1 heterocycles. The number of piperidine rings is 1. The van der Waals surface area contributed by atoms with E-state index in [0.717, 1.165) is 29.7 Å². The third-order valence-electron chi connectivity index (χ3n) is 4.69. The van der Waals surface area contributed by atoms with Gasteiger partial charge in [-0.2, -0.15) is 0 Å². The molecule has 0 aromatic heterocycles. The number of likely N-dealkylation sites (tertiary alicyclic amines) is 1. The molecule has 2 amide bonds. The number of rotatable bonds is 5. The zero-order chi connectivity index (χ0) is 19.1. The number of nitrogens with one attached hydrogen (secondary N) is 1. The van der Waals surface area contributed by atoms with E-state index in [2.05, 4.69) is 5.32 Å². The lowest BCUT2D eigenvalue weighted by Crippen LogP contribution is -2.44. The summed E-state index contributed by atoms with van der Waals surface area (Å²) in [7, 11) is 0. The smallest absolute Gasteiger partial charge is 0.410 e. The average molecular weight is 367 g/mol. The number of hydrogen-bond acceptors (Lipinski definition) is 4. The van der Waals surface area contributed by atoms with E-state index in [4.69, 9.17) is 10.5 Å². The summed E-state index contributed by atoms with van der Waals surface area (Å²) in [4.78, 5) is 26.6. The van der Waals surface area contributed by atoms with E-state index in [1.165, 1.54) is 0 Å². The molecule has 1 aliphatic heterocycles. The van der Waals surface area contributed by atoms with Gasteiger partial charge in [-0.05, 0) is 36.1 Å². The Balaban J connectivity index is 1.53. The summed E-state index contributed by atoms with van der Waals surface area (Å²) in [5.74, 6) is -0.325. The fourth-order valence-electron chi connectivity index (χ4n) is 3.19. The number of nitrogens with two attached hydrogens (primary N) is 1. The molecule has 0 unspecified atom stereocenters. The molecule has 0 spiro atoms. The second kappa shape index (κ2) is 9.19. The molecule has 142 valence electrons. The Labute approximate surface area is 159 Å². The van der Waals surface area contributed by atoms with Crippen LogP contribution in [0.3, 0.4) is 0 Å². The van der Waals surface area contributed by atoms with Crippen LogP contribution in [0.4, 0.5) is 10.5 Å². The molecular weight excluding hydrogens is 342 g/mol. The number of ether oxygens (including phenoxy) is 1. The highest BCUT2D eigenvalue weighted by atomic mass is 16.6. The van der Waals surface area contributed by atoms with Crippen LogP contribution in [0.5, 0.6) is 0 Å². The van der Waals surface area contributed by atoms with Crippen molar-refractivity contribution >= 4 is 17.7 Å². The maximum absolute atomic E-state index is 12.6. The Morgan fingerprint density at radius 3 is 2.67 bits per heavy atom. The van der Waals surface area contributed by atoms with E-state index >= 15 is 0 Å². The summed E-state index contributed by atoms with van der Waals surface area (Å²) in [5, 5.41) is 2.93. The van der Waals surface area contributed by atoms with Crippen LogP contribution >= 0.6 is 0 Å². The number of carbonyl (C=O) groups is 2. The molecule has 3 N–H and O–H groups in total. The van der Waals surface area contributed by atoms with Gasteiger partial charge >= 0.3 is 6.09 Å². The minimum Gasteiger partial charge on any atom is -0.445 e. The normalized spacial score (nSPS) is 16.6. The third-order valence-corrected chi connectivity index (χ3v) is 4.69. The molecule has 2 aromatic carbocycles. The first kappa shape index (κ1) is 18.9. The molecule has 27 heavy (non-hydrogen) atoms. The first-order valence-corrected chi connectivity index (χ1v) is 9.21. The number of anilines is 1. The van der Waals surface area contributed by atoms with E-state index < -0.39 is 0 Å². The number of amides is 2. The fourth-order valence-corrected chi connectivity index (χ4v) is 3.19. The van der Waals surface area contributed by atoms with E-state index in [-0.39, 0.29) is 24.5 Å². The minimum absolute atomic E-state index is 0.0790. The van der Waals surface area contributed by atoms with Crippen LogP contribution in [0, 0.1) is 5.92 Å². The predicted octanol–water partition coefficient (Wildman–Crippen LogP) is 3.13. The van der Waals surface area contributed by atoms with Gasteiger partial charge in [0.2, 0.25) is 5.91 Å². The van der Waals surface area contributed by atoms with Crippen molar-refractivity contribution in [2.75, 3.05) is 18.4 Å². The lowest BCUT2D eigenvalue weighted by atomic mass is 9.97. The number of nitrogens with zero attached hydrogens (tertiary/aromatic N) is 1.